The summed E-state index contributed by atoms with van der Waals surface area (Å²) in [7, 11) is 1.59. The Bertz CT molecular complexity index is 1620. The maximum absolute atomic E-state index is 14.9. The molecule has 0 fully saturated rings. The van der Waals surface area contributed by atoms with Crippen molar-refractivity contribution in [2.24, 2.45) is 13.0 Å². The second-order valence-electron chi connectivity index (χ2n) is 11.1. The van der Waals surface area contributed by atoms with Crippen LogP contribution in [-0.2, 0) is 12.5 Å². The topological polar surface area (TPSA) is 147 Å². The van der Waals surface area contributed by atoms with E-state index in [4.69, 9.17) is 4.52 Å². The van der Waals surface area contributed by atoms with E-state index in [0.29, 0.717) is 39.4 Å². The molecular weight excluding hydrogens is 517 g/mol. The van der Waals surface area contributed by atoms with Gasteiger partial charge in [0.15, 0.2) is 0 Å². The van der Waals surface area contributed by atoms with E-state index in [1.165, 1.54) is 16.7 Å². The summed E-state index contributed by atoms with van der Waals surface area (Å²) in [6.07, 6.45) is 1.58. The van der Waals surface area contributed by atoms with Crippen LogP contribution in [0.25, 0.3) is 22.2 Å². The van der Waals surface area contributed by atoms with Crippen LogP contribution >= 0.6 is 0 Å². The fourth-order valence-corrected chi connectivity index (χ4v) is 4.11. The first-order valence-electron chi connectivity index (χ1n) is 12.9. The third-order valence-corrected chi connectivity index (χ3v) is 6.63. The Kier molecular flexibility index (Phi) is 7.92. The van der Waals surface area contributed by atoms with Crippen LogP contribution in [0.3, 0.4) is 0 Å². The Morgan fingerprint density at radius 3 is 2.50 bits per heavy atom. The highest BCUT2D eigenvalue weighted by atomic mass is 19.1. The van der Waals surface area contributed by atoms with Crippen LogP contribution in [0.2, 0.25) is 0 Å². The van der Waals surface area contributed by atoms with Crippen LogP contribution in [0.15, 0.2) is 39.8 Å². The fraction of sp³-hybridized carbons (Fsp3) is 0.393. The van der Waals surface area contributed by atoms with E-state index in [-0.39, 0.29) is 41.1 Å². The zero-order valence-electron chi connectivity index (χ0n) is 23.6. The number of nitrogens with zero attached hydrogens (tertiary/aromatic N) is 4. The second kappa shape index (κ2) is 11.0. The van der Waals surface area contributed by atoms with Crippen LogP contribution in [0, 0.1) is 18.7 Å². The number of amides is 2. The maximum atomic E-state index is 14.9. The zero-order valence-corrected chi connectivity index (χ0v) is 23.6. The number of aliphatic hydroxyl groups excluding tert-OH is 1. The number of aromatic nitrogens is 4. The SMILES string of the molecule is Cc1cc(F)c(NC(=O)Nc2cc(C(C)(C)C)no2)cc1-c1cc2cnc(N[C@@H](CO)C(C)C)nc2n(C)c1=O. The molecule has 11 nitrogen and oxygen atoms in total. The fourth-order valence-electron chi connectivity index (χ4n) is 4.11. The van der Waals surface area contributed by atoms with E-state index in [1.54, 1.807) is 32.3 Å². The molecule has 4 aromatic rings. The van der Waals surface area contributed by atoms with Gasteiger partial charge in [-0.25, -0.2) is 14.2 Å². The average Bonchev–Trinajstić information content (AvgIpc) is 3.35. The molecule has 0 aliphatic rings. The highest BCUT2D eigenvalue weighted by Crippen LogP contribution is 2.29. The number of carbonyl (C=O) groups excluding carboxylic acids is 1. The molecule has 3 heterocycles. The summed E-state index contributed by atoms with van der Waals surface area (Å²) in [5, 5.41) is 22.2. The lowest BCUT2D eigenvalue weighted by Crippen LogP contribution is -2.30. The molecule has 0 aliphatic carbocycles. The number of pyridine rings is 1. The Morgan fingerprint density at radius 1 is 1.15 bits per heavy atom. The van der Waals surface area contributed by atoms with Crippen LogP contribution in [0.4, 0.5) is 26.7 Å². The number of aryl methyl sites for hydroxylation is 2. The molecule has 12 heteroatoms. The molecule has 40 heavy (non-hydrogen) atoms. The number of benzene rings is 1. The van der Waals surface area contributed by atoms with E-state index in [2.05, 4.69) is 31.1 Å². The van der Waals surface area contributed by atoms with Crippen molar-refractivity contribution in [3.8, 4) is 11.1 Å². The van der Waals surface area contributed by atoms with Crippen LogP contribution < -0.4 is 21.5 Å². The summed E-state index contributed by atoms with van der Waals surface area (Å²) in [5.41, 5.74) is 1.54. The van der Waals surface area contributed by atoms with Gasteiger partial charge in [-0.3, -0.25) is 14.7 Å². The lowest BCUT2D eigenvalue weighted by atomic mass is 9.92. The summed E-state index contributed by atoms with van der Waals surface area (Å²) in [4.78, 5) is 34.8. The van der Waals surface area contributed by atoms with Crippen LogP contribution in [-0.4, -0.2) is 43.5 Å². The Morgan fingerprint density at radius 2 is 1.88 bits per heavy atom. The van der Waals surface area contributed by atoms with Crippen molar-refractivity contribution < 1.29 is 18.8 Å². The number of hydrogen-bond donors (Lipinski definition) is 4. The highest BCUT2D eigenvalue weighted by Gasteiger charge is 2.21. The molecule has 0 radical (unpaired) electrons. The predicted octanol–water partition coefficient (Wildman–Crippen LogP) is 4.80. The summed E-state index contributed by atoms with van der Waals surface area (Å²) in [6, 6.07) is 4.94. The van der Waals surface area contributed by atoms with E-state index in [1.807, 2.05) is 34.6 Å². The average molecular weight is 552 g/mol. The number of hydrogen-bond acceptors (Lipinski definition) is 8. The third-order valence-electron chi connectivity index (χ3n) is 6.63. The van der Waals surface area contributed by atoms with E-state index >= 15 is 0 Å². The second-order valence-corrected chi connectivity index (χ2v) is 11.1. The van der Waals surface area contributed by atoms with Crippen molar-refractivity contribution in [3.63, 3.8) is 0 Å². The van der Waals surface area contributed by atoms with Crippen molar-refractivity contribution in [2.45, 2.75) is 53.0 Å². The van der Waals surface area contributed by atoms with E-state index < -0.39 is 11.8 Å². The minimum atomic E-state index is -0.729. The first-order valence-corrected chi connectivity index (χ1v) is 12.9. The van der Waals surface area contributed by atoms with Crippen LogP contribution in [0.5, 0.6) is 0 Å². The summed E-state index contributed by atoms with van der Waals surface area (Å²) < 4.78 is 21.4. The van der Waals surface area contributed by atoms with Crippen molar-refractivity contribution in [2.75, 3.05) is 22.6 Å². The highest BCUT2D eigenvalue weighted by molar-refractivity contribution is 5.99. The smallest absolute Gasteiger partial charge is 0.326 e. The zero-order chi connectivity index (χ0) is 29.4. The maximum Gasteiger partial charge on any atom is 0.326 e. The minimum Gasteiger partial charge on any atom is -0.394 e. The van der Waals surface area contributed by atoms with Crippen molar-refractivity contribution in [3.05, 3.63) is 57.9 Å². The number of halogens is 1. The molecule has 0 spiro atoms. The molecular formula is C28H34FN7O4. The molecule has 3 aromatic heterocycles. The number of carbonyl (C=O) groups is 1. The summed E-state index contributed by atoms with van der Waals surface area (Å²) in [5.74, 6) is -0.117. The lowest BCUT2D eigenvalue weighted by molar-refractivity contribution is 0.248. The van der Waals surface area contributed by atoms with E-state index in [0.717, 1.165) is 0 Å². The molecule has 212 valence electrons. The normalized spacial score (nSPS) is 12.6. The van der Waals surface area contributed by atoms with Gasteiger partial charge in [-0.2, -0.15) is 4.98 Å². The van der Waals surface area contributed by atoms with Gasteiger partial charge >= 0.3 is 6.03 Å². The van der Waals surface area contributed by atoms with Gasteiger partial charge in [-0.1, -0.05) is 39.8 Å². The number of fused-ring (bicyclic) bond motifs is 1. The number of urea groups is 1. The first-order chi connectivity index (χ1) is 18.8. The Balaban J connectivity index is 1.65. The summed E-state index contributed by atoms with van der Waals surface area (Å²) in [6.45, 7) is 11.4. The van der Waals surface area contributed by atoms with Gasteiger partial charge < -0.3 is 20.3 Å². The third kappa shape index (κ3) is 5.96. The van der Waals surface area contributed by atoms with Gasteiger partial charge in [0.05, 0.1) is 24.0 Å². The van der Waals surface area contributed by atoms with Crippen molar-refractivity contribution in [1.82, 2.24) is 19.7 Å². The van der Waals surface area contributed by atoms with Crippen LogP contribution in [0.1, 0.15) is 45.9 Å². The number of rotatable bonds is 7. The van der Waals surface area contributed by atoms with Gasteiger partial charge in [-0.05, 0) is 42.2 Å². The molecule has 4 rings (SSSR count). The van der Waals surface area contributed by atoms with Gasteiger partial charge in [-0.15, -0.1) is 0 Å². The molecule has 0 unspecified atom stereocenters. The number of nitrogens with one attached hydrogen (secondary N) is 3. The number of anilines is 3. The molecule has 2 amide bonds. The Hall–Kier alpha value is -4.32. The molecule has 4 N–H and O–H groups in total. The summed E-state index contributed by atoms with van der Waals surface area (Å²) >= 11 is 0. The monoisotopic (exact) mass is 551 g/mol. The molecule has 0 saturated heterocycles. The molecule has 1 atom stereocenters. The van der Waals surface area contributed by atoms with Gasteiger partial charge in [0.1, 0.15) is 11.5 Å². The first kappa shape index (κ1) is 28.7. The molecule has 0 aliphatic heterocycles. The lowest BCUT2D eigenvalue weighted by Gasteiger charge is -2.20. The van der Waals surface area contributed by atoms with E-state index in [9.17, 15) is 19.1 Å². The standard InChI is InChI=1S/C28H34FN7O4/c1-14(2)21(13-37)31-26-30-12-16-9-18(25(38)36(7)24(16)34-26)17-10-20(19(29)8-15(17)3)32-27(39)33-23-11-22(35-40-23)28(4,5)6/h8-12,14,21,37H,13H2,1-7H3,(H,30,31,34)(H2,32,33,39)/t21-/m0/s1. The van der Waals surface area contributed by atoms with Crippen molar-refractivity contribution in [1.29, 1.82) is 0 Å². The quantitative estimate of drug-likeness (QED) is 0.256. The van der Waals surface area contributed by atoms with Gasteiger partial charge in [0.2, 0.25) is 11.8 Å². The Labute approximate surface area is 230 Å². The number of aliphatic hydroxyl groups is 1. The largest absolute Gasteiger partial charge is 0.394 e. The minimum absolute atomic E-state index is 0.0917. The van der Waals surface area contributed by atoms with Gasteiger partial charge in [0.25, 0.3) is 5.56 Å². The van der Waals surface area contributed by atoms with Gasteiger partial charge in [0, 0.05) is 35.7 Å². The van der Waals surface area contributed by atoms with Crippen molar-refractivity contribution >= 4 is 34.6 Å². The molecule has 0 bridgehead atoms. The molecule has 1 aromatic carbocycles. The molecule has 0 saturated carbocycles. The predicted molar refractivity (Wildman–Crippen MR) is 152 cm³/mol.